The van der Waals surface area contributed by atoms with Gasteiger partial charge in [-0.15, -0.1) is 11.3 Å². The average Bonchev–Trinajstić information content (AvgIpc) is 3.12. The monoisotopic (exact) mass is 324 g/mol. The zero-order chi connectivity index (χ0) is 14.8. The van der Waals surface area contributed by atoms with E-state index < -0.39 is 5.97 Å². The SMILES string of the molecule is Cc1nonc1COC(=O)C=Cc1c(Cl)nc2sccn12. The fourth-order valence-electron chi connectivity index (χ4n) is 1.64. The lowest BCUT2D eigenvalue weighted by Crippen LogP contribution is -2.02. The minimum atomic E-state index is -0.515. The van der Waals surface area contributed by atoms with Crippen LogP contribution in [-0.2, 0) is 16.1 Å². The Morgan fingerprint density at radius 1 is 1.57 bits per heavy atom. The molecule has 108 valence electrons. The van der Waals surface area contributed by atoms with E-state index in [0.717, 1.165) is 4.96 Å². The fraction of sp³-hybridized carbons (Fsp3) is 0.167. The summed E-state index contributed by atoms with van der Waals surface area (Å²) in [6, 6.07) is 0. The van der Waals surface area contributed by atoms with E-state index in [1.54, 1.807) is 17.4 Å². The Labute approximate surface area is 127 Å². The summed E-state index contributed by atoms with van der Waals surface area (Å²) < 4.78 is 11.3. The Bertz CT molecular complexity index is 820. The van der Waals surface area contributed by atoms with Crippen molar-refractivity contribution < 1.29 is 14.2 Å². The van der Waals surface area contributed by atoms with Crippen molar-refractivity contribution in [1.29, 1.82) is 0 Å². The normalized spacial score (nSPS) is 11.5. The molecule has 3 aromatic rings. The molecule has 9 heteroatoms. The number of ether oxygens (including phenoxy) is 1. The first-order chi connectivity index (χ1) is 10.1. The second-order valence-corrected chi connectivity index (χ2v) is 5.31. The van der Waals surface area contributed by atoms with E-state index in [9.17, 15) is 4.79 Å². The smallest absolute Gasteiger partial charge is 0.331 e. The van der Waals surface area contributed by atoms with Gasteiger partial charge in [0, 0.05) is 17.7 Å². The Hall–Kier alpha value is -2.19. The molecular formula is C12H9ClN4O3S. The molecule has 7 nitrogen and oxygen atoms in total. The molecule has 3 rings (SSSR count). The van der Waals surface area contributed by atoms with Gasteiger partial charge >= 0.3 is 5.97 Å². The van der Waals surface area contributed by atoms with Crippen LogP contribution in [0.2, 0.25) is 5.15 Å². The minimum absolute atomic E-state index is 0.00645. The number of halogens is 1. The Kier molecular flexibility index (Phi) is 3.72. The molecule has 0 aromatic carbocycles. The quantitative estimate of drug-likeness (QED) is 0.541. The number of aryl methyl sites for hydroxylation is 1. The molecule has 21 heavy (non-hydrogen) atoms. The molecule has 0 amide bonds. The summed E-state index contributed by atoms with van der Waals surface area (Å²) in [6.45, 7) is 1.72. The molecular weight excluding hydrogens is 316 g/mol. The molecule has 0 unspecified atom stereocenters. The second kappa shape index (κ2) is 5.66. The number of fused-ring (bicyclic) bond motifs is 1. The van der Waals surface area contributed by atoms with Crippen LogP contribution >= 0.6 is 22.9 Å². The van der Waals surface area contributed by atoms with Crippen molar-refractivity contribution in [3.63, 3.8) is 0 Å². The van der Waals surface area contributed by atoms with Crippen molar-refractivity contribution in [2.45, 2.75) is 13.5 Å². The van der Waals surface area contributed by atoms with Crippen molar-refractivity contribution in [3.05, 3.63) is 39.9 Å². The highest BCUT2D eigenvalue weighted by Crippen LogP contribution is 2.22. The summed E-state index contributed by atoms with van der Waals surface area (Å²) in [7, 11) is 0. The Morgan fingerprint density at radius 3 is 3.19 bits per heavy atom. The van der Waals surface area contributed by atoms with Crippen molar-refractivity contribution in [2.75, 3.05) is 0 Å². The van der Waals surface area contributed by atoms with Gasteiger partial charge in [-0.1, -0.05) is 21.9 Å². The maximum Gasteiger partial charge on any atom is 0.331 e. The highest BCUT2D eigenvalue weighted by Gasteiger charge is 2.10. The lowest BCUT2D eigenvalue weighted by molar-refractivity contribution is -0.139. The molecule has 0 radical (unpaired) electrons. The van der Waals surface area contributed by atoms with Gasteiger partial charge in [0.1, 0.15) is 18.0 Å². The van der Waals surface area contributed by atoms with Gasteiger partial charge in [0.25, 0.3) is 0 Å². The molecule has 3 heterocycles. The number of aromatic nitrogens is 4. The van der Waals surface area contributed by atoms with Gasteiger partial charge in [-0.3, -0.25) is 4.40 Å². The van der Waals surface area contributed by atoms with Crippen LogP contribution in [0.4, 0.5) is 0 Å². The first kappa shape index (κ1) is 13.8. The van der Waals surface area contributed by atoms with E-state index in [2.05, 4.69) is 19.9 Å². The number of imidazole rings is 1. The third-order valence-electron chi connectivity index (χ3n) is 2.73. The largest absolute Gasteiger partial charge is 0.456 e. The molecule has 0 fully saturated rings. The number of rotatable bonds is 4. The van der Waals surface area contributed by atoms with Crippen LogP contribution in [-0.4, -0.2) is 25.7 Å². The average molecular weight is 325 g/mol. The van der Waals surface area contributed by atoms with Crippen LogP contribution in [0.1, 0.15) is 17.1 Å². The van der Waals surface area contributed by atoms with E-state index >= 15 is 0 Å². The standard InChI is InChI=1S/C12H9ClN4O3S/c1-7-8(16-20-15-7)6-19-10(18)3-2-9-11(13)14-12-17(9)4-5-21-12/h2-5H,6H2,1H3. The Morgan fingerprint density at radius 2 is 2.43 bits per heavy atom. The lowest BCUT2D eigenvalue weighted by Gasteiger charge is -1.98. The van der Waals surface area contributed by atoms with Gasteiger partial charge < -0.3 is 4.74 Å². The van der Waals surface area contributed by atoms with Gasteiger partial charge in [0.15, 0.2) is 10.1 Å². The number of carbonyl (C=O) groups is 1. The predicted octanol–water partition coefficient (Wildman–Crippen LogP) is 2.50. The maximum atomic E-state index is 11.7. The number of hydrogen-bond acceptors (Lipinski definition) is 7. The first-order valence-electron chi connectivity index (χ1n) is 5.89. The van der Waals surface area contributed by atoms with Crippen molar-refractivity contribution in [2.24, 2.45) is 0 Å². The van der Waals surface area contributed by atoms with E-state index in [0.29, 0.717) is 22.2 Å². The maximum absolute atomic E-state index is 11.7. The fourth-order valence-corrected chi connectivity index (χ4v) is 2.65. The van der Waals surface area contributed by atoms with Gasteiger partial charge in [-0.2, -0.15) is 0 Å². The zero-order valence-corrected chi connectivity index (χ0v) is 12.4. The van der Waals surface area contributed by atoms with E-state index in [1.165, 1.54) is 17.4 Å². The summed E-state index contributed by atoms with van der Waals surface area (Å²) in [5.74, 6) is -0.515. The third kappa shape index (κ3) is 2.81. The summed E-state index contributed by atoms with van der Waals surface area (Å²) >= 11 is 7.47. The molecule has 3 aromatic heterocycles. The highest BCUT2D eigenvalue weighted by atomic mass is 35.5. The zero-order valence-electron chi connectivity index (χ0n) is 10.8. The number of hydrogen-bond donors (Lipinski definition) is 0. The van der Waals surface area contributed by atoms with Gasteiger partial charge in [0.05, 0.1) is 5.69 Å². The summed E-state index contributed by atoms with van der Waals surface area (Å²) in [6.07, 6.45) is 4.68. The van der Waals surface area contributed by atoms with E-state index in [4.69, 9.17) is 16.3 Å². The molecule has 0 bridgehead atoms. The number of thiazole rings is 1. The van der Waals surface area contributed by atoms with Gasteiger partial charge in [-0.25, -0.2) is 14.4 Å². The molecule has 0 aliphatic heterocycles. The molecule has 0 N–H and O–H groups in total. The summed E-state index contributed by atoms with van der Waals surface area (Å²) in [5.41, 5.74) is 1.70. The molecule has 0 atom stereocenters. The number of nitrogens with zero attached hydrogens (tertiary/aromatic N) is 4. The van der Waals surface area contributed by atoms with Gasteiger partial charge in [-0.05, 0) is 13.0 Å². The van der Waals surface area contributed by atoms with Crippen LogP contribution < -0.4 is 0 Å². The predicted molar refractivity (Wildman–Crippen MR) is 75.9 cm³/mol. The van der Waals surface area contributed by atoms with Crippen LogP contribution in [0, 0.1) is 6.92 Å². The number of carbonyl (C=O) groups excluding carboxylic acids is 1. The molecule has 0 saturated carbocycles. The minimum Gasteiger partial charge on any atom is -0.456 e. The molecule has 0 aliphatic carbocycles. The second-order valence-electron chi connectivity index (χ2n) is 4.08. The van der Waals surface area contributed by atoms with Crippen molar-refractivity contribution in [3.8, 4) is 0 Å². The molecule has 0 spiro atoms. The summed E-state index contributed by atoms with van der Waals surface area (Å²) in [5, 5.41) is 9.44. The van der Waals surface area contributed by atoms with Crippen molar-refractivity contribution in [1.82, 2.24) is 19.7 Å². The van der Waals surface area contributed by atoms with E-state index in [1.807, 2.05) is 11.6 Å². The van der Waals surface area contributed by atoms with Crippen LogP contribution in [0.3, 0.4) is 0 Å². The first-order valence-corrected chi connectivity index (χ1v) is 7.15. The van der Waals surface area contributed by atoms with Crippen LogP contribution in [0.5, 0.6) is 0 Å². The van der Waals surface area contributed by atoms with Gasteiger partial charge in [0.2, 0.25) is 0 Å². The summed E-state index contributed by atoms with van der Waals surface area (Å²) in [4.78, 5) is 16.6. The third-order valence-corrected chi connectivity index (χ3v) is 3.76. The topological polar surface area (TPSA) is 82.5 Å². The molecule has 0 aliphatic rings. The lowest BCUT2D eigenvalue weighted by atomic mass is 10.3. The number of esters is 1. The molecule has 0 saturated heterocycles. The van der Waals surface area contributed by atoms with E-state index in [-0.39, 0.29) is 6.61 Å². The Balaban J connectivity index is 1.68. The van der Waals surface area contributed by atoms with Crippen molar-refractivity contribution >= 4 is 39.9 Å². The van der Waals surface area contributed by atoms with Crippen LogP contribution in [0.25, 0.3) is 11.0 Å². The highest BCUT2D eigenvalue weighted by molar-refractivity contribution is 7.15. The van der Waals surface area contributed by atoms with Crippen LogP contribution in [0.15, 0.2) is 22.3 Å².